The highest BCUT2D eigenvalue weighted by Gasteiger charge is 2.16. The molecule has 24 heavy (non-hydrogen) atoms. The summed E-state index contributed by atoms with van der Waals surface area (Å²) in [7, 11) is 0. The summed E-state index contributed by atoms with van der Waals surface area (Å²) in [6.07, 6.45) is 0. The van der Waals surface area contributed by atoms with E-state index in [9.17, 15) is 4.79 Å². The predicted octanol–water partition coefficient (Wildman–Crippen LogP) is 3.37. The Hall–Kier alpha value is -2.40. The largest absolute Gasteiger partial charge is 0.486 e. The minimum atomic E-state index is -0.225. The lowest BCUT2D eigenvalue weighted by Gasteiger charge is -2.21. The van der Waals surface area contributed by atoms with E-state index >= 15 is 0 Å². The van der Waals surface area contributed by atoms with E-state index < -0.39 is 0 Å². The summed E-state index contributed by atoms with van der Waals surface area (Å²) in [5.41, 5.74) is 0.936. The zero-order chi connectivity index (χ0) is 16.9. The first-order chi connectivity index (χ1) is 11.6. The topological polar surface area (TPSA) is 56.8 Å². The summed E-state index contributed by atoms with van der Waals surface area (Å²) in [6.45, 7) is 2.89. The van der Waals surface area contributed by atoms with Crippen LogP contribution in [0.25, 0.3) is 0 Å². The van der Waals surface area contributed by atoms with Gasteiger partial charge >= 0.3 is 0 Å². The zero-order valence-electron chi connectivity index (χ0n) is 13.3. The number of rotatable bonds is 5. The molecule has 0 radical (unpaired) electrons. The molecule has 2 aromatic rings. The molecule has 1 amide bonds. The van der Waals surface area contributed by atoms with Crippen LogP contribution >= 0.6 is 11.6 Å². The Balaban J connectivity index is 1.57. The number of amides is 1. The first-order valence-corrected chi connectivity index (χ1v) is 8.07. The van der Waals surface area contributed by atoms with Crippen molar-refractivity contribution in [3.63, 3.8) is 0 Å². The maximum atomic E-state index is 12.1. The van der Waals surface area contributed by atoms with Crippen LogP contribution in [0.15, 0.2) is 42.5 Å². The van der Waals surface area contributed by atoms with Crippen molar-refractivity contribution < 1.29 is 19.0 Å². The first-order valence-electron chi connectivity index (χ1n) is 7.70. The SMILES string of the molecule is CC(NC(=O)COc1ccccc1Cl)c1ccc2c(c1)OCCO2. The molecule has 1 heterocycles. The summed E-state index contributed by atoms with van der Waals surface area (Å²) in [5.74, 6) is 1.69. The normalized spacial score (nSPS) is 13.9. The average Bonchev–Trinajstić information content (AvgIpc) is 2.60. The van der Waals surface area contributed by atoms with Gasteiger partial charge in [-0.05, 0) is 36.8 Å². The van der Waals surface area contributed by atoms with Gasteiger partial charge in [0.05, 0.1) is 11.1 Å². The fourth-order valence-corrected chi connectivity index (χ4v) is 2.59. The van der Waals surface area contributed by atoms with Gasteiger partial charge in [-0.15, -0.1) is 0 Å². The second-order valence-electron chi connectivity index (χ2n) is 5.41. The number of fused-ring (bicyclic) bond motifs is 1. The maximum absolute atomic E-state index is 12.1. The van der Waals surface area contributed by atoms with E-state index in [4.69, 9.17) is 25.8 Å². The molecule has 5 nitrogen and oxygen atoms in total. The lowest BCUT2D eigenvalue weighted by atomic mass is 10.1. The van der Waals surface area contributed by atoms with Gasteiger partial charge in [-0.2, -0.15) is 0 Å². The van der Waals surface area contributed by atoms with E-state index in [1.165, 1.54) is 0 Å². The summed E-state index contributed by atoms with van der Waals surface area (Å²) in [4.78, 5) is 12.1. The number of carbonyl (C=O) groups is 1. The molecular formula is C18H18ClNO4. The number of hydrogen-bond donors (Lipinski definition) is 1. The van der Waals surface area contributed by atoms with Crippen molar-refractivity contribution in [3.8, 4) is 17.2 Å². The van der Waals surface area contributed by atoms with Gasteiger partial charge in [-0.25, -0.2) is 0 Å². The molecule has 1 unspecified atom stereocenters. The molecule has 0 aliphatic carbocycles. The first kappa shape index (κ1) is 16.5. The highest BCUT2D eigenvalue weighted by Crippen LogP contribution is 2.32. The van der Waals surface area contributed by atoms with E-state index in [1.807, 2.05) is 25.1 Å². The van der Waals surface area contributed by atoms with Gasteiger partial charge in [0.25, 0.3) is 5.91 Å². The van der Waals surface area contributed by atoms with Crippen LogP contribution in [-0.2, 0) is 4.79 Å². The molecule has 0 saturated heterocycles. The fourth-order valence-electron chi connectivity index (χ4n) is 2.40. The van der Waals surface area contributed by atoms with Crippen molar-refractivity contribution in [3.05, 3.63) is 53.1 Å². The summed E-state index contributed by atoms with van der Waals surface area (Å²) in [6, 6.07) is 12.5. The molecule has 1 N–H and O–H groups in total. The van der Waals surface area contributed by atoms with Crippen molar-refractivity contribution in [2.45, 2.75) is 13.0 Å². The summed E-state index contributed by atoms with van der Waals surface area (Å²) < 4.78 is 16.5. The quantitative estimate of drug-likeness (QED) is 0.901. The Morgan fingerprint density at radius 2 is 1.96 bits per heavy atom. The van der Waals surface area contributed by atoms with Crippen molar-refractivity contribution >= 4 is 17.5 Å². The smallest absolute Gasteiger partial charge is 0.258 e. The van der Waals surface area contributed by atoms with Crippen LogP contribution in [0, 0.1) is 0 Å². The van der Waals surface area contributed by atoms with E-state index in [-0.39, 0.29) is 18.6 Å². The number of para-hydroxylation sites is 1. The van der Waals surface area contributed by atoms with Crippen LogP contribution in [0.3, 0.4) is 0 Å². The Morgan fingerprint density at radius 3 is 2.75 bits per heavy atom. The number of hydrogen-bond acceptors (Lipinski definition) is 4. The molecule has 1 aliphatic heterocycles. The molecule has 3 rings (SSSR count). The maximum Gasteiger partial charge on any atom is 0.258 e. The van der Waals surface area contributed by atoms with Gasteiger partial charge in [0.2, 0.25) is 0 Å². The Labute approximate surface area is 145 Å². The molecule has 2 aromatic carbocycles. The van der Waals surface area contributed by atoms with E-state index in [0.29, 0.717) is 29.7 Å². The number of carbonyl (C=O) groups excluding carboxylic acids is 1. The number of nitrogens with one attached hydrogen (secondary N) is 1. The Kier molecular flexibility index (Phi) is 5.11. The molecule has 126 valence electrons. The van der Waals surface area contributed by atoms with E-state index in [2.05, 4.69) is 5.32 Å². The van der Waals surface area contributed by atoms with Gasteiger partial charge in [0, 0.05) is 0 Å². The molecule has 1 atom stereocenters. The zero-order valence-corrected chi connectivity index (χ0v) is 14.0. The number of benzene rings is 2. The molecule has 0 saturated carbocycles. The van der Waals surface area contributed by atoms with Gasteiger partial charge in [-0.1, -0.05) is 29.8 Å². The van der Waals surface area contributed by atoms with E-state index in [0.717, 1.165) is 11.3 Å². The van der Waals surface area contributed by atoms with E-state index in [1.54, 1.807) is 24.3 Å². The third-order valence-electron chi connectivity index (χ3n) is 3.64. The van der Waals surface area contributed by atoms with Gasteiger partial charge in [0.15, 0.2) is 18.1 Å². The Bertz CT molecular complexity index is 735. The average molecular weight is 348 g/mol. The van der Waals surface area contributed by atoms with Crippen LogP contribution in [-0.4, -0.2) is 25.7 Å². The van der Waals surface area contributed by atoms with Crippen molar-refractivity contribution in [2.24, 2.45) is 0 Å². The fraction of sp³-hybridized carbons (Fsp3) is 0.278. The highest BCUT2D eigenvalue weighted by atomic mass is 35.5. The standard InChI is InChI=1S/C18H18ClNO4/c1-12(13-6-7-16-17(10-13)23-9-8-22-16)20-18(21)11-24-15-5-3-2-4-14(15)19/h2-7,10,12H,8-9,11H2,1H3,(H,20,21). The monoisotopic (exact) mass is 347 g/mol. The Morgan fingerprint density at radius 1 is 1.21 bits per heavy atom. The van der Waals surface area contributed by atoms with Crippen molar-refractivity contribution in [2.75, 3.05) is 19.8 Å². The molecule has 0 spiro atoms. The van der Waals surface area contributed by atoms with Crippen molar-refractivity contribution in [1.82, 2.24) is 5.32 Å². The predicted molar refractivity (Wildman–Crippen MR) is 90.9 cm³/mol. The van der Waals surface area contributed by atoms with Gasteiger partial charge < -0.3 is 19.5 Å². The molecule has 0 bridgehead atoms. The van der Waals surface area contributed by atoms with Crippen molar-refractivity contribution in [1.29, 1.82) is 0 Å². The molecular weight excluding hydrogens is 330 g/mol. The summed E-state index contributed by atoms with van der Waals surface area (Å²) in [5, 5.41) is 3.37. The van der Waals surface area contributed by atoms with Gasteiger partial charge in [0.1, 0.15) is 19.0 Å². The minimum absolute atomic E-state index is 0.0986. The van der Waals surface area contributed by atoms with Crippen LogP contribution in [0.1, 0.15) is 18.5 Å². The van der Waals surface area contributed by atoms with Gasteiger partial charge in [-0.3, -0.25) is 4.79 Å². The van der Waals surface area contributed by atoms with Crippen LogP contribution < -0.4 is 19.5 Å². The summed E-state index contributed by atoms with van der Waals surface area (Å²) >= 11 is 5.99. The molecule has 0 fully saturated rings. The molecule has 6 heteroatoms. The van der Waals surface area contributed by atoms with Crippen LogP contribution in [0.4, 0.5) is 0 Å². The highest BCUT2D eigenvalue weighted by molar-refractivity contribution is 6.32. The minimum Gasteiger partial charge on any atom is -0.486 e. The second kappa shape index (κ2) is 7.45. The number of ether oxygens (including phenoxy) is 3. The number of halogens is 1. The lowest BCUT2D eigenvalue weighted by Crippen LogP contribution is -2.31. The third kappa shape index (κ3) is 3.92. The van der Waals surface area contributed by atoms with Crippen LogP contribution in [0.5, 0.6) is 17.2 Å². The molecule has 0 aromatic heterocycles. The second-order valence-corrected chi connectivity index (χ2v) is 5.82. The van der Waals surface area contributed by atoms with Crippen LogP contribution in [0.2, 0.25) is 5.02 Å². The third-order valence-corrected chi connectivity index (χ3v) is 3.95. The molecule has 1 aliphatic rings. The lowest BCUT2D eigenvalue weighted by molar-refractivity contribution is -0.123.